The molecular formula is C27H26N2O. The lowest BCUT2D eigenvalue weighted by Crippen LogP contribution is -1.98. The third kappa shape index (κ3) is 2.97. The molecule has 0 saturated heterocycles. The molecule has 150 valence electrons. The Labute approximate surface area is 176 Å². The first-order valence-corrected chi connectivity index (χ1v) is 10.6. The van der Waals surface area contributed by atoms with Gasteiger partial charge >= 0.3 is 0 Å². The molecule has 0 aliphatic carbocycles. The molecule has 0 aliphatic rings. The van der Waals surface area contributed by atoms with Crippen LogP contribution in [0.4, 0.5) is 0 Å². The van der Waals surface area contributed by atoms with Crippen molar-refractivity contribution in [2.75, 3.05) is 0 Å². The van der Waals surface area contributed by atoms with E-state index in [1.54, 1.807) is 0 Å². The minimum Gasteiger partial charge on any atom is -0.437 e. The van der Waals surface area contributed by atoms with Crippen molar-refractivity contribution in [1.82, 2.24) is 9.97 Å². The fraction of sp³-hybridized carbons (Fsp3) is 0.259. The van der Waals surface area contributed by atoms with E-state index >= 15 is 0 Å². The number of benzene rings is 2. The quantitative estimate of drug-likeness (QED) is 0.322. The number of hydrogen-bond donors (Lipinski definition) is 0. The highest BCUT2D eigenvalue weighted by molar-refractivity contribution is 6.11. The van der Waals surface area contributed by atoms with Gasteiger partial charge in [0, 0.05) is 33.6 Å². The molecule has 30 heavy (non-hydrogen) atoms. The van der Waals surface area contributed by atoms with Crippen molar-refractivity contribution in [3.05, 3.63) is 71.0 Å². The Hall–Kier alpha value is -3.20. The molecule has 5 aromatic rings. The van der Waals surface area contributed by atoms with E-state index in [0.717, 1.165) is 39.7 Å². The standard InChI is InChI=1S/C27H26N2O/c1-15(2)11-19-7-6-8-21-24(19)17(4)14-28-25(21)23-13-16(3)12-22-20-10-9-18(5)29-27(20)30-26(22)23/h6-10,12-15H,11H2,1-5H3. The third-order valence-electron chi connectivity index (χ3n) is 5.79. The van der Waals surface area contributed by atoms with Crippen LogP contribution in [0, 0.1) is 26.7 Å². The van der Waals surface area contributed by atoms with Crippen LogP contribution in [0.25, 0.3) is 44.1 Å². The van der Waals surface area contributed by atoms with E-state index in [4.69, 9.17) is 9.40 Å². The monoisotopic (exact) mass is 394 g/mol. The van der Waals surface area contributed by atoms with Gasteiger partial charge in [-0.1, -0.05) is 32.0 Å². The van der Waals surface area contributed by atoms with Gasteiger partial charge in [-0.3, -0.25) is 4.98 Å². The molecule has 0 spiro atoms. The third-order valence-corrected chi connectivity index (χ3v) is 5.79. The average molecular weight is 395 g/mol. The number of furan rings is 1. The van der Waals surface area contributed by atoms with Crippen molar-refractivity contribution >= 4 is 32.8 Å². The van der Waals surface area contributed by atoms with Crippen molar-refractivity contribution in [3.8, 4) is 11.3 Å². The maximum Gasteiger partial charge on any atom is 0.227 e. The molecule has 0 saturated carbocycles. The molecule has 3 heteroatoms. The number of aryl methyl sites for hydroxylation is 3. The van der Waals surface area contributed by atoms with Gasteiger partial charge in [0.2, 0.25) is 5.71 Å². The van der Waals surface area contributed by atoms with Crippen LogP contribution in [0.2, 0.25) is 0 Å². The zero-order chi connectivity index (χ0) is 21.0. The zero-order valence-electron chi connectivity index (χ0n) is 18.2. The normalized spacial score (nSPS) is 11.9. The summed E-state index contributed by atoms with van der Waals surface area (Å²) in [6.07, 6.45) is 3.05. The predicted molar refractivity (Wildman–Crippen MR) is 125 cm³/mol. The van der Waals surface area contributed by atoms with E-state index in [1.165, 1.54) is 27.5 Å². The lowest BCUT2D eigenvalue weighted by atomic mass is 9.92. The second kappa shape index (κ2) is 6.94. The summed E-state index contributed by atoms with van der Waals surface area (Å²) in [6.45, 7) is 10.8. The number of rotatable bonds is 3. The summed E-state index contributed by atoms with van der Waals surface area (Å²) in [4.78, 5) is 9.51. The molecule has 2 aromatic carbocycles. The van der Waals surface area contributed by atoms with Crippen LogP contribution in [-0.2, 0) is 6.42 Å². The second-order valence-electron chi connectivity index (χ2n) is 8.82. The van der Waals surface area contributed by atoms with Gasteiger partial charge in [0.25, 0.3) is 0 Å². The zero-order valence-corrected chi connectivity index (χ0v) is 18.2. The molecule has 0 aliphatic heterocycles. The van der Waals surface area contributed by atoms with E-state index in [1.807, 2.05) is 19.2 Å². The Morgan fingerprint density at radius 3 is 2.57 bits per heavy atom. The Balaban J connectivity index is 1.86. The summed E-state index contributed by atoms with van der Waals surface area (Å²) >= 11 is 0. The Kier molecular flexibility index (Phi) is 4.35. The highest BCUT2D eigenvalue weighted by Gasteiger charge is 2.18. The summed E-state index contributed by atoms with van der Waals surface area (Å²) in [6, 6.07) is 15.1. The SMILES string of the molecule is Cc1cc(-c2ncc(C)c3c(CC(C)C)cccc23)c2oc3nc(C)ccc3c2c1. The van der Waals surface area contributed by atoms with Gasteiger partial charge in [-0.25, -0.2) is 4.98 Å². The number of nitrogens with zero attached hydrogens (tertiary/aromatic N) is 2. The van der Waals surface area contributed by atoms with E-state index in [0.29, 0.717) is 11.6 Å². The van der Waals surface area contributed by atoms with Crippen molar-refractivity contribution in [2.24, 2.45) is 5.92 Å². The molecule has 0 N–H and O–H groups in total. The number of hydrogen-bond acceptors (Lipinski definition) is 3. The fourth-order valence-corrected chi connectivity index (χ4v) is 4.55. The molecule has 3 aromatic heterocycles. The summed E-state index contributed by atoms with van der Waals surface area (Å²) < 4.78 is 6.30. The molecule has 0 atom stereocenters. The average Bonchev–Trinajstić information content (AvgIpc) is 3.05. The maximum atomic E-state index is 6.30. The van der Waals surface area contributed by atoms with Gasteiger partial charge in [-0.05, 0) is 79.5 Å². The predicted octanol–water partition coefficient (Wildman–Crippen LogP) is 7.32. The Morgan fingerprint density at radius 1 is 0.933 bits per heavy atom. The smallest absolute Gasteiger partial charge is 0.227 e. The van der Waals surface area contributed by atoms with Gasteiger partial charge < -0.3 is 4.42 Å². The van der Waals surface area contributed by atoms with Crippen molar-refractivity contribution < 1.29 is 4.42 Å². The molecule has 0 fully saturated rings. The minimum absolute atomic E-state index is 0.599. The Bertz CT molecular complexity index is 1430. The summed E-state index contributed by atoms with van der Waals surface area (Å²) in [5, 5.41) is 4.65. The van der Waals surface area contributed by atoms with Gasteiger partial charge in [-0.2, -0.15) is 0 Å². The van der Waals surface area contributed by atoms with Gasteiger partial charge in [0.05, 0.1) is 5.69 Å². The second-order valence-corrected chi connectivity index (χ2v) is 8.82. The molecule has 0 radical (unpaired) electrons. The van der Waals surface area contributed by atoms with E-state index in [9.17, 15) is 0 Å². The summed E-state index contributed by atoms with van der Waals surface area (Å²) in [7, 11) is 0. The first kappa shape index (κ1) is 18.8. The van der Waals surface area contributed by atoms with Crippen LogP contribution >= 0.6 is 0 Å². The van der Waals surface area contributed by atoms with E-state index < -0.39 is 0 Å². The fourth-order valence-electron chi connectivity index (χ4n) is 4.55. The van der Waals surface area contributed by atoms with E-state index in [2.05, 4.69) is 69.1 Å². The number of pyridine rings is 2. The summed E-state index contributed by atoms with van der Waals surface area (Å²) in [5.74, 6) is 0.599. The molecule has 0 unspecified atom stereocenters. The van der Waals surface area contributed by atoms with Crippen LogP contribution in [0.1, 0.15) is 36.2 Å². The van der Waals surface area contributed by atoms with Crippen molar-refractivity contribution in [3.63, 3.8) is 0 Å². The van der Waals surface area contributed by atoms with Crippen LogP contribution in [0.5, 0.6) is 0 Å². The van der Waals surface area contributed by atoms with Crippen LogP contribution in [0.3, 0.4) is 0 Å². The first-order chi connectivity index (χ1) is 14.4. The van der Waals surface area contributed by atoms with Crippen LogP contribution in [0.15, 0.2) is 53.1 Å². The highest BCUT2D eigenvalue weighted by atomic mass is 16.3. The van der Waals surface area contributed by atoms with E-state index in [-0.39, 0.29) is 0 Å². The topological polar surface area (TPSA) is 38.9 Å². The Morgan fingerprint density at radius 2 is 1.77 bits per heavy atom. The van der Waals surface area contributed by atoms with Crippen LogP contribution in [-0.4, -0.2) is 9.97 Å². The lowest BCUT2D eigenvalue weighted by Gasteiger charge is -2.14. The largest absolute Gasteiger partial charge is 0.437 e. The molecule has 3 nitrogen and oxygen atoms in total. The number of fused-ring (bicyclic) bond motifs is 4. The highest BCUT2D eigenvalue weighted by Crippen LogP contribution is 2.39. The molecule has 0 bridgehead atoms. The van der Waals surface area contributed by atoms with Gasteiger partial charge in [-0.15, -0.1) is 0 Å². The van der Waals surface area contributed by atoms with Crippen molar-refractivity contribution in [1.29, 1.82) is 0 Å². The molecule has 3 heterocycles. The molecular weight excluding hydrogens is 368 g/mol. The van der Waals surface area contributed by atoms with Crippen molar-refractivity contribution in [2.45, 2.75) is 41.0 Å². The first-order valence-electron chi connectivity index (χ1n) is 10.6. The summed E-state index contributed by atoms with van der Waals surface area (Å²) in [5.41, 5.74) is 8.31. The lowest BCUT2D eigenvalue weighted by molar-refractivity contribution is 0.650. The van der Waals surface area contributed by atoms with Gasteiger partial charge in [0.15, 0.2) is 0 Å². The number of aromatic nitrogens is 2. The van der Waals surface area contributed by atoms with Crippen LogP contribution < -0.4 is 0 Å². The maximum absolute atomic E-state index is 6.30. The molecule has 5 rings (SSSR count). The minimum atomic E-state index is 0.599. The molecule has 0 amide bonds. The van der Waals surface area contributed by atoms with Gasteiger partial charge in [0.1, 0.15) is 5.58 Å².